The van der Waals surface area contributed by atoms with E-state index in [1.165, 1.54) is 28.5 Å². The maximum absolute atomic E-state index is 12.9. The zero-order valence-electron chi connectivity index (χ0n) is 24.8. The third kappa shape index (κ3) is 8.28. The van der Waals surface area contributed by atoms with Gasteiger partial charge in [0.2, 0.25) is 0 Å². The van der Waals surface area contributed by atoms with Crippen LogP contribution in [0, 0.1) is 11.8 Å². The summed E-state index contributed by atoms with van der Waals surface area (Å²) in [6.45, 7) is 0.875. The fourth-order valence-electron chi connectivity index (χ4n) is 4.78. The van der Waals surface area contributed by atoms with Crippen molar-refractivity contribution in [3.63, 3.8) is 0 Å². The fraction of sp³-hybridized carbons (Fsp3) is 0.229. The van der Waals surface area contributed by atoms with Gasteiger partial charge in [-0.15, -0.1) is 0 Å². The molecule has 2 aromatic carbocycles. The average molecular weight is 610 g/mol. The van der Waals surface area contributed by atoms with Crippen LogP contribution in [-0.2, 0) is 25.7 Å². The van der Waals surface area contributed by atoms with Gasteiger partial charge in [-0.1, -0.05) is 42.2 Å². The van der Waals surface area contributed by atoms with Crippen molar-refractivity contribution in [2.24, 2.45) is 0 Å². The van der Waals surface area contributed by atoms with Gasteiger partial charge in [-0.2, -0.15) is 13.2 Å². The Morgan fingerprint density at radius 1 is 0.933 bits per heavy atom. The molecule has 3 heterocycles. The van der Waals surface area contributed by atoms with Crippen LogP contribution in [0.4, 0.5) is 13.2 Å². The minimum atomic E-state index is -4.54. The summed E-state index contributed by atoms with van der Waals surface area (Å²) in [4.78, 5) is 40.5. The van der Waals surface area contributed by atoms with Gasteiger partial charge in [0.15, 0.2) is 5.78 Å². The second kappa shape index (κ2) is 13.7. The van der Waals surface area contributed by atoms with E-state index in [4.69, 9.17) is 4.98 Å². The number of ketones is 1. The number of hydrogen-bond acceptors (Lipinski definition) is 6. The Hall–Kier alpha value is -5.14. The van der Waals surface area contributed by atoms with Gasteiger partial charge in [0.05, 0.1) is 17.6 Å². The lowest BCUT2D eigenvalue weighted by molar-refractivity contribution is -0.141. The lowest BCUT2D eigenvalue weighted by Gasteiger charge is -2.10. The largest absolute Gasteiger partial charge is 0.433 e. The van der Waals surface area contributed by atoms with Gasteiger partial charge in [-0.25, -0.2) is 9.97 Å². The first kappa shape index (κ1) is 31.3. The molecule has 0 aliphatic rings. The Bertz CT molecular complexity index is 1940. The monoisotopic (exact) mass is 609 g/mol. The number of halogens is 3. The maximum atomic E-state index is 12.9. The van der Waals surface area contributed by atoms with Crippen molar-refractivity contribution in [3.05, 3.63) is 135 Å². The molecule has 10 heteroatoms. The van der Waals surface area contributed by atoms with Gasteiger partial charge >= 0.3 is 6.18 Å². The summed E-state index contributed by atoms with van der Waals surface area (Å²) in [5.41, 5.74) is 2.84. The van der Waals surface area contributed by atoms with E-state index in [0.29, 0.717) is 12.0 Å². The molecule has 0 aliphatic carbocycles. The van der Waals surface area contributed by atoms with E-state index in [2.05, 4.69) is 51.0 Å². The number of carbonyl (C=O) groups excluding carboxylic acids is 1. The van der Waals surface area contributed by atoms with Crippen LogP contribution >= 0.6 is 0 Å². The molecule has 0 amide bonds. The number of nitrogens with zero attached hydrogens (tertiary/aromatic N) is 5. The molecule has 0 spiro atoms. The number of fused-ring (bicyclic) bond motifs is 1. The van der Waals surface area contributed by atoms with E-state index >= 15 is 0 Å². The van der Waals surface area contributed by atoms with Crippen molar-refractivity contribution in [2.75, 3.05) is 14.1 Å². The summed E-state index contributed by atoms with van der Waals surface area (Å²) in [7, 11) is 4.08. The van der Waals surface area contributed by atoms with Gasteiger partial charge in [-0.3, -0.25) is 14.6 Å². The van der Waals surface area contributed by atoms with Crippen molar-refractivity contribution in [2.45, 2.75) is 38.5 Å². The molecule has 7 nitrogen and oxygen atoms in total. The molecular weight excluding hydrogens is 579 g/mol. The maximum Gasteiger partial charge on any atom is 0.433 e. The van der Waals surface area contributed by atoms with Crippen molar-refractivity contribution >= 4 is 16.7 Å². The molecule has 0 N–H and O–H groups in total. The molecule has 0 unspecified atom stereocenters. The minimum Gasteiger partial charge on any atom is -0.310 e. The van der Waals surface area contributed by atoms with Gasteiger partial charge < -0.3 is 9.47 Å². The second-order valence-electron chi connectivity index (χ2n) is 10.9. The van der Waals surface area contributed by atoms with Crippen molar-refractivity contribution < 1.29 is 18.0 Å². The van der Waals surface area contributed by atoms with E-state index in [-0.39, 0.29) is 30.7 Å². The van der Waals surface area contributed by atoms with Crippen molar-refractivity contribution in [1.82, 2.24) is 24.4 Å². The highest BCUT2D eigenvalue weighted by Crippen LogP contribution is 2.27. The molecule has 0 saturated carbocycles. The SMILES string of the molecule is CN(C)Cc1ccc(Cc2ncc3cc(C#CCCC(=O)c4cccn(Cc5ccc(C(F)(F)F)nc5)c4=O)ccc3n2)cc1. The Morgan fingerprint density at radius 3 is 2.40 bits per heavy atom. The number of Topliss-reactive ketones (excluding diaryl/α,β-unsaturated/α-hetero) is 1. The average Bonchev–Trinajstić information content (AvgIpc) is 3.01. The molecule has 0 saturated heterocycles. The molecule has 0 radical (unpaired) electrons. The topological polar surface area (TPSA) is 81.0 Å². The number of rotatable bonds is 9. The summed E-state index contributed by atoms with van der Waals surface area (Å²) in [6.07, 6.45) is 0.717. The predicted octanol–water partition coefficient (Wildman–Crippen LogP) is 5.92. The van der Waals surface area contributed by atoms with E-state index < -0.39 is 17.4 Å². The number of benzene rings is 2. The second-order valence-corrected chi connectivity index (χ2v) is 10.9. The number of carbonyl (C=O) groups is 1. The molecule has 228 valence electrons. The summed E-state index contributed by atoms with van der Waals surface area (Å²) < 4.78 is 39.6. The van der Waals surface area contributed by atoms with Gasteiger partial charge in [0.1, 0.15) is 11.5 Å². The van der Waals surface area contributed by atoms with Crippen LogP contribution < -0.4 is 5.56 Å². The molecule has 3 aromatic heterocycles. The van der Waals surface area contributed by atoms with Crippen LogP contribution in [-0.4, -0.2) is 44.3 Å². The van der Waals surface area contributed by atoms with Crippen LogP contribution in [0.2, 0.25) is 0 Å². The smallest absolute Gasteiger partial charge is 0.310 e. The molecule has 0 bridgehead atoms. The number of alkyl halides is 3. The predicted molar refractivity (Wildman–Crippen MR) is 166 cm³/mol. The first-order valence-electron chi connectivity index (χ1n) is 14.3. The van der Waals surface area contributed by atoms with Crippen LogP contribution in [0.3, 0.4) is 0 Å². The van der Waals surface area contributed by atoms with Crippen LogP contribution in [0.15, 0.2) is 90.1 Å². The first-order valence-corrected chi connectivity index (χ1v) is 14.3. The molecule has 0 fully saturated rings. The highest BCUT2D eigenvalue weighted by atomic mass is 19.4. The molecule has 5 rings (SSSR count). The number of aromatic nitrogens is 4. The lowest BCUT2D eigenvalue weighted by Crippen LogP contribution is -2.26. The Morgan fingerprint density at radius 2 is 1.69 bits per heavy atom. The van der Waals surface area contributed by atoms with E-state index in [0.717, 1.165) is 46.7 Å². The Kier molecular flexibility index (Phi) is 9.50. The standard InChI is InChI=1S/C35H30F3N5O2/c1-42(2)22-26-11-9-25(10-12-26)19-33-40-21-28-18-24(13-15-30(28)41-33)6-3-4-8-31(44)29-7-5-17-43(34(29)45)23-27-14-16-32(39-20-27)35(36,37)38/h5,7,9-18,20-21H,4,8,19,22-23H2,1-2H3. The zero-order chi connectivity index (χ0) is 32.0. The third-order valence-corrected chi connectivity index (χ3v) is 7.01. The molecule has 0 aliphatic heterocycles. The van der Waals surface area contributed by atoms with E-state index in [1.807, 2.05) is 32.3 Å². The normalized spacial score (nSPS) is 11.4. The Labute approximate surface area is 258 Å². The fourth-order valence-corrected chi connectivity index (χ4v) is 4.78. The van der Waals surface area contributed by atoms with E-state index in [1.54, 1.807) is 12.3 Å². The van der Waals surface area contributed by atoms with Gasteiger partial charge in [0.25, 0.3) is 5.56 Å². The van der Waals surface area contributed by atoms with Gasteiger partial charge in [-0.05, 0) is 67.2 Å². The third-order valence-electron chi connectivity index (χ3n) is 7.01. The number of hydrogen-bond donors (Lipinski definition) is 0. The minimum absolute atomic E-state index is 0.00216. The molecule has 0 atom stereocenters. The zero-order valence-corrected chi connectivity index (χ0v) is 24.8. The first-order chi connectivity index (χ1) is 21.5. The van der Waals surface area contributed by atoms with Crippen LogP contribution in [0.1, 0.15) is 57.0 Å². The molecular formula is C35H30F3N5O2. The summed E-state index contributed by atoms with van der Waals surface area (Å²) in [6, 6.07) is 19.2. The quantitative estimate of drug-likeness (QED) is 0.153. The van der Waals surface area contributed by atoms with Crippen LogP contribution in [0.5, 0.6) is 0 Å². The summed E-state index contributed by atoms with van der Waals surface area (Å²) >= 11 is 0. The lowest BCUT2D eigenvalue weighted by atomic mass is 10.1. The Balaban J connectivity index is 1.18. The summed E-state index contributed by atoms with van der Waals surface area (Å²) in [5.74, 6) is 6.43. The number of pyridine rings is 2. The highest BCUT2D eigenvalue weighted by molar-refractivity contribution is 5.95. The van der Waals surface area contributed by atoms with Crippen molar-refractivity contribution in [1.29, 1.82) is 0 Å². The molecule has 45 heavy (non-hydrogen) atoms. The summed E-state index contributed by atoms with van der Waals surface area (Å²) in [5, 5.41) is 0.857. The van der Waals surface area contributed by atoms with Crippen molar-refractivity contribution in [3.8, 4) is 11.8 Å². The van der Waals surface area contributed by atoms with Gasteiger partial charge in [0, 0.05) is 55.3 Å². The highest BCUT2D eigenvalue weighted by Gasteiger charge is 2.32. The van der Waals surface area contributed by atoms with E-state index in [9.17, 15) is 22.8 Å². The van der Waals surface area contributed by atoms with Crippen LogP contribution in [0.25, 0.3) is 10.9 Å². The molecule has 5 aromatic rings.